The summed E-state index contributed by atoms with van der Waals surface area (Å²) in [5, 5.41) is 12.0. The van der Waals surface area contributed by atoms with Crippen molar-refractivity contribution in [1.82, 2.24) is 0 Å². The summed E-state index contributed by atoms with van der Waals surface area (Å²) in [5.74, 6) is 1.68. The Hall–Kier alpha value is 0.130. The first kappa shape index (κ1) is 11.1. The average molecular weight is 195 g/mol. The van der Waals surface area contributed by atoms with E-state index in [-0.39, 0.29) is 6.61 Å². The van der Waals surface area contributed by atoms with Gasteiger partial charge in [0.05, 0.1) is 6.61 Å². The van der Waals surface area contributed by atoms with E-state index < -0.39 is 0 Å². The Balaban J connectivity index is 2.79. The first-order valence-electron chi connectivity index (χ1n) is 3.37. The van der Waals surface area contributed by atoms with Crippen LogP contribution in [0.3, 0.4) is 0 Å². The molecular weight excluding hydrogens is 182 g/mol. The Morgan fingerprint density at radius 2 is 2.18 bits per heavy atom. The van der Waals surface area contributed by atoms with Gasteiger partial charge in [0.2, 0.25) is 0 Å². The Morgan fingerprint density at radius 3 is 2.82 bits per heavy atom. The summed E-state index contributed by atoms with van der Waals surface area (Å²) in [7, 11) is 3.33. The third-order valence-electron chi connectivity index (χ3n) is 0.696. The molecule has 0 spiro atoms. The molecule has 0 aliphatic rings. The SMILES string of the molecule is C/C=N/OCCSSCCO. The summed E-state index contributed by atoms with van der Waals surface area (Å²) < 4.78 is 0. The number of hydrogen-bond acceptors (Lipinski definition) is 5. The molecule has 0 amide bonds. The van der Waals surface area contributed by atoms with Gasteiger partial charge < -0.3 is 9.94 Å². The molecule has 0 aliphatic carbocycles. The third-order valence-corrected chi connectivity index (χ3v) is 3.05. The lowest BCUT2D eigenvalue weighted by molar-refractivity contribution is 0.163. The molecule has 0 aromatic rings. The summed E-state index contributed by atoms with van der Waals surface area (Å²) in [6.45, 7) is 2.69. The minimum absolute atomic E-state index is 0.242. The van der Waals surface area contributed by atoms with Crippen molar-refractivity contribution in [1.29, 1.82) is 0 Å². The molecule has 0 aromatic heterocycles. The van der Waals surface area contributed by atoms with Gasteiger partial charge in [-0.3, -0.25) is 0 Å². The predicted octanol–water partition coefficient (Wildman–Crippen LogP) is 1.38. The van der Waals surface area contributed by atoms with E-state index in [0.29, 0.717) is 6.61 Å². The second kappa shape index (κ2) is 10.1. The number of aliphatic hydroxyl groups is 1. The van der Waals surface area contributed by atoms with Crippen LogP contribution in [0.15, 0.2) is 5.16 Å². The second-order valence-electron chi connectivity index (χ2n) is 1.56. The van der Waals surface area contributed by atoms with Crippen LogP contribution in [0, 0.1) is 0 Å². The molecule has 0 unspecified atom stereocenters. The van der Waals surface area contributed by atoms with Crippen LogP contribution in [0.4, 0.5) is 0 Å². The molecular formula is C6H13NO2S2. The maximum Gasteiger partial charge on any atom is 0.127 e. The lowest BCUT2D eigenvalue weighted by atomic mass is 10.9. The average Bonchev–Trinajstić information content (AvgIpc) is 2.03. The van der Waals surface area contributed by atoms with Crippen molar-refractivity contribution < 1.29 is 9.94 Å². The summed E-state index contributed by atoms with van der Waals surface area (Å²) in [6.07, 6.45) is 1.62. The number of rotatable bonds is 7. The van der Waals surface area contributed by atoms with E-state index in [0.717, 1.165) is 11.5 Å². The van der Waals surface area contributed by atoms with Crippen LogP contribution in [-0.4, -0.2) is 36.0 Å². The molecule has 0 atom stereocenters. The standard InChI is InChI=1S/C6H13NO2S2/c1-2-7-9-4-6-11-10-5-3-8/h2,8H,3-6H2,1H3/b7-2+. The minimum atomic E-state index is 0.242. The normalized spacial score (nSPS) is 10.7. The van der Waals surface area contributed by atoms with E-state index in [1.54, 1.807) is 27.8 Å². The fourth-order valence-electron chi connectivity index (χ4n) is 0.354. The van der Waals surface area contributed by atoms with Crippen LogP contribution in [0.1, 0.15) is 6.92 Å². The quantitative estimate of drug-likeness (QED) is 0.288. The first-order chi connectivity index (χ1) is 5.41. The lowest BCUT2D eigenvalue weighted by Crippen LogP contribution is -1.90. The van der Waals surface area contributed by atoms with Crippen molar-refractivity contribution in [2.75, 3.05) is 24.7 Å². The first-order valence-corrected chi connectivity index (χ1v) is 5.86. The van der Waals surface area contributed by atoms with Crippen LogP contribution in [0.2, 0.25) is 0 Å². The van der Waals surface area contributed by atoms with E-state index in [4.69, 9.17) is 9.94 Å². The zero-order valence-electron chi connectivity index (χ0n) is 6.52. The highest BCUT2D eigenvalue weighted by Crippen LogP contribution is 2.19. The summed E-state index contributed by atoms with van der Waals surface area (Å²) in [4.78, 5) is 4.84. The summed E-state index contributed by atoms with van der Waals surface area (Å²) in [5.41, 5.74) is 0. The van der Waals surface area contributed by atoms with Gasteiger partial charge >= 0.3 is 0 Å². The monoisotopic (exact) mass is 195 g/mol. The molecule has 0 rings (SSSR count). The van der Waals surface area contributed by atoms with Crippen molar-refractivity contribution in [3.63, 3.8) is 0 Å². The molecule has 5 heteroatoms. The minimum Gasteiger partial charge on any atom is -0.395 e. The Kier molecular flexibility index (Phi) is 10.2. The molecule has 0 saturated heterocycles. The topological polar surface area (TPSA) is 41.8 Å². The molecule has 3 nitrogen and oxygen atoms in total. The predicted molar refractivity (Wildman–Crippen MR) is 52.1 cm³/mol. The summed E-state index contributed by atoms with van der Waals surface area (Å²) >= 11 is 0. The maximum absolute atomic E-state index is 8.42. The number of hydrogen-bond donors (Lipinski definition) is 1. The molecule has 11 heavy (non-hydrogen) atoms. The fourth-order valence-corrected chi connectivity index (χ4v) is 1.94. The van der Waals surface area contributed by atoms with Gasteiger partial charge in [0.1, 0.15) is 6.61 Å². The van der Waals surface area contributed by atoms with Crippen LogP contribution in [0.25, 0.3) is 0 Å². The van der Waals surface area contributed by atoms with Gasteiger partial charge in [0.15, 0.2) is 0 Å². The van der Waals surface area contributed by atoms with E-state index in [2.05, 4.69) is 5.16 Å². The highest BCUT2D eigenvalue weighted by Gasteiger charge is 1.88. The van der Waals surface area contributed by atoms with Crippen LogP contribution < -0.4 is 0 Å². The number of oxime groups is 1. The Labute approximate surface area is 75.0 Å². The molecule has 1 N–H and O–H groups in total. The van der Waals surface area contributed by atoms with Gasteiger partial charge in [0.25, 0.3) is 0 Å². The van der Waals surface area contributed by atoms with Crippen LogP contribution in [-0.2, 0) is 4.84 Å². The highest BCUT2D eigenvalue weighted by molar-refractivity contribution is 8.76. The third kappa shape index (κ3) is 10.1. The fraction of sp³-hybridized carbons (Fsp3) is 0.833. The number of aliphatic hydroxyl groups excluding tert-OH is 1. The highest BCUT2D eigenvalue weighted by atomic mass is 33.1. The molecule has 0 bridgehead atoms. The zero-order valence-corrected chi connectivity index (χ0v) is 8.16. The van der Waals surface area contributed by atoms with Crippen molar-refractivity contribution in [3.8, 4) is 0 Å². The lowest BCUT2D eigenvalue weighted by Gasteiger charge is -1.97. The summed E-state index contributed by atoms with van der Waals surface area (Å²) in [6, 6.07) is 0. The smallest absolute Gasteiger partial charge is 0.127 e. The molecule has 0 aliphatic heterocycles. The van der Waals surface area contributed by atoms with Crippen molar-refractivity contribution in [2.45, 2.75) is 6.92 Å². The molecule has 0 aromatic carbocycles. The van der Waals surface area contributed by atoms with Crippen molar-refractivity contribution >= 4 is 27.8 Å². The van der Waals surface area contributed by atoms with Gasteiger partial charge in [0, 0.05) is 17.7 Å². The molecule has 0 fully saturated rings. The van der Waals surface area contributed by atoms with Gasteiger partial charge in [-0.25, -0.2) is 0 Å². The van der Waals surface area contributed by atoms with E-state index in [1.807, 2.05) is 6.92 Å². The Bertz CT molecular complexity index is 101. The van der Waals surface area contributed by atoms with Gasteiger partial charge in [-0.05, 0) is 6.92 Å². The molecule has 66 valence electrons. The van der Waals surface area contributed by atoms with E-state index >= 15 is 0 Å². The number of nitrogens with zero attached hydrogens (tertiary/aromatic N) is 1. The zero-order chi connectivity index (χ0) is 8.36. The Morgan fingerprint density at radius 1 is 1.45 bits per heavy atom. The van der Waals surface area contributed by atoms with E-state index in [1.165, 1.54) is 0 Å². The van der Waals surface area contributed by atoms with E-state index in [9.17, 15) is 0 Å². The molecule has 0 heterocycles. The van der Waals surface area contributed by atoms with Crippen LogP contribution in [0.5, 0.6) is 0 Å². The maximum atomic E-state index is 8.42. The van der Waals surface area contributed by atoms with Crippen molar-refractivity contribution in [3.05, 3.63) is 0 Å². The van der Waals surface area contributed by atoms with Gasteiger partial charge in [-0.1, -0.05) is 26.7 Å². The van der Waals surface area contributed by atoms with Crippen molar-refractivity contribution in [2.24, 2.45) is 5.16 Å². The molecule has 0 radical (unpaired) electrons. The van der Waals surface area contributed by atoms with Crippen LogP contribution >= 0.6 is 21.6 Å². The second-order valence-corrected chi connectivity index (χ2v) is 4.27. The largest absolute Gasteiger partial charge is 0.395 e. The van der Waals surface area contributed by atoms with Gasteiger partial charge in [-0.2, -0.15) is 0 Å². The molecule has 0 saturated carbocycles. The van der Waals surface area contributed by atoms with Gasteiger partial charge in [-0.15, -0.1) is 0 Å².